The first kappa shape index (κ1) is 18.0. The van der Waals surface area contributed by atoms with Gasteiger partial charge in [0.1, 0.15) is 5.76 Å². The van der Waals surface area contributed by atoms with Crippen molar-refractivity contribution in [2.45, 2.75) is 6.04 Å². The molecule has 2 aromatic carbocycles. The molecule has 30 heavy (non-hydrogen) atoms. The Kier molecular flexibility index (Phi) is 3.73. The van der Waals surface area contributed by atoms with Crippen LogP contribution in [0.15, 0.2) is 65.2 Å². The first-order valence-electron chi connectivity index (χ1n) is 9.23. The fraction of sp³-hybridized carbons (Fsp3) is 0.136. The van der Waals surface area contributed by atoms with Crippen LogP contribution in [0.3, 0.4) is 0 Å². The fourth-order valence-corrected chi connectivity index (χ4v) is 4.37. The van der Waals surface area contributed by atoms with Crippen LogP contribution in [-0.2, 0) is 14.4 Å². The zero-order chi connectivity index (χ0) is 21.2. The second kappa shape index (κ2) is 6.21. The highest BCUT2D eigenvalue weighted by atomic mass is 16.4. The van der Waals surface area contributed by atoms with E-state index in [1.54, 1.807) is 48.5 Å². The number of carboxylic acid groups (broad SMARTS) is 1. The monoisotopic (exact) mass is 402 g/mol. The molecule has 2 aromatic rings. The van der Waals surface area contributed by atoms with Crippen LogP contribution in [0.4, 0.5) is 5.69 Å². The summed E-state index contributed by atoms with van der Waals surface area (Å²) in [4.78, 5) is 56.1. The summed E-state index contributed by atoms with van der Waals surface area (Å²) in [6.07, 6.45) is 0. The van der Waals surface area contributed by atoms with E-state index in [0.717, 1.165) is 4.90 Å². The van der Waals surface area contributed by atoms with E-state index < -0.39 is 41.4 Å². The molecule has 0 spiro atoms. The quantitative estimate of drug-likeness (QED) is 0.755. The number of rotatable bonds is 3. The second-order valence-electron chi connectivity index (χ2n) is 7.25. The summed E-state index contributed by atoms with van der Waals surface area (Å²) in [6.45, 7) is 0. The van der Waals surface area contributed by atoms with Crippen LogP contribution in [0, 0.1) is 11.8 Å². The smallest absolute Gasteiger partial charge is 0.329 e. The standard InChI is InChI=1S/C22H14N2O6/c25-18-11-8-4-5-9-12(11)19(26)15(18)16-13-14(17(23-16)22(29)30)21(28)24(20(13)27)10-6-2-1-3-7-10/h1-9,13-14,17,25H,(H,29,30)/t13-,14-,17+/m1/s1. The molecule has 2 aliphatic heterocycles. The van der Waals surface area contributed by atoms with Crippen molar-refractivity contribution >= 4 is 40.7 Å². The van der Waals surface area contributed by atoms with Gasteiger partial charge in [-0.2, -0.15) is 0 Å². The molecule has 0 bridgehead atoms. The molecule has 148 valence electrons. The van der Waals surface area contributed by atoms with Crippen molar-refractivity contribution in [3.63, 3.8) is 0 Å². The predicted octanol–water partition coefficient (Wildman–Crippen LogP) is 1.87. The normalized spacial score (nSPS) is 24.9. The van der Waals surface area contributed by atoms with Gasteiger partial charge in [-0.1, -0.05) is 42.5 Å². The summed E-state index contributed by atoms with van der Waals surface area (Å²) in [5.41, 5.74) is 0.463. The number of ketones is 1. The van der Waals surface area contributed by atoms with Gasteiger partial charge in [0.25, 0.3) is 0 Å². The van der Waals surface area contributed by atoms with E-state index in [9.17, 15) is 29.4 Å². The average molecular weight is 402 g/mol. The summed E-state index contributed by atoms with van der Waals surface area (Å²) in [5, 5.41) is 20.3. The van der Waals surface area contributed by atoms with Crippen LogP contribution in [-0.4, -0.2) is 45.5 Å². The number of hydrogen-bond acceptors (Lipinski definition) is 6. The number of benzene rings is 2. The maximum absolute atomic E-state index is 13.2. The highest BCUT2D eigenvalue weighted by Crippen LogP contribution is 2.44. The van der Waals surface area contributed by atoms with Gasteiger partial charge in [-0.25, -0.2) is 9.69 Å². The van der Waals surface area contributed by atoms with Crippen LogP contribution in [0.2, 0.25) is 0 Å². The van der Waals surface area contributed by atoms with Crippen molar-refractivity contribution in [3.8, 4) is 0 Å². The number of aliphatic hydroxyl groups excluding tert-OH is 1. The van der Waals surface area contributed by atoms with E-state index in [0.29, 0.717) is 5.69 Å². The third-order valence-electron chi connectivity index (χ3n) is 5.68. The molecule has 0 saturated carbocycles. The number of amides is 2. The largest absolute Gasteiger partial charge is 0.506 e. The van der Waals surface area contributed by atoms with Gasteiger partial charge >= 0.3 is 5.97 Å². The minimum absolute atomic E-state index is 0.150. The van der Waals surface area contributed by atoms with Gasteiger partial charge in [0.05, 0.1) is 28.8 Å². The maximum Gasteiger partial charge on any atom is 0.329 e. The zero-order valence-corrected chi connectivity index (χ0v) is 15.4. The van der Waals surface area contributed by atoms with Gasteiger partial charge in [0, 0.05) is 11.1 Å². The highest BCUT2D eigenvalue weighted by Gasteiger charge is 2.60. The molecule has 1 aliphatic carbocycles. The number of Topliss-reactive ketones (excluding diaryl/α,β-unsaturated/α-hetero) is 1. The average Bonchev–Trinajstić information content (AvgIpc) is 3.33. The molecule has 2 amide bonds. The van der Waals surface area contributed by atoms with E-state index in [1.165, 1.54) is 6.07 Å². The minimum atomic E-state index is -1.52. The van der Waals surface area contributed by atoms with Gasteiger partial charge in [-0.15, -0.1) is 0 Å². The lowest BCUT2D eigenvalue weighted by Gasteiger charge is -2.16. The number of carbonyl (C=O) groups is 4. The summed E-state index contributed by atoms with van der Waals surface area (Å²) in [5.74, 6) is -6.17. The number of anilines is 1. The Morgan fingerprint density at radius 2 is 1.53 bits per heavy atom. The maximum atomic E-state index is 13.2. The number of carbonyl (C=O) groups excluding carboxylic acids is 3. The molecule has 8 heteroatoms. The molecule has 0 radical (unpaired) electrons. The number of hydrogen-bond donors (Lipinski definition) is 2. The second-order valence-corrected chi connectivity index (χ2v) is 7.25. The number of aliphatic imine (C=N–C) groups is 1. The third kappa shape index (κ3) is 2.24. The number of carboxylic acids is 1. The summed E-state index contributed by atoms with van der Waals surface area (Å²) in [7, 11) is 0. The van der Waals surface area contributed by atoms with Crippen LogP contribution < -0.4 is 4.90 Å². The summed E-state index contributed by atoms with van der Waals surface area (Å²) < 4.78 is 0. The number of imide groups is 1. The minimum Gasteiger partial charge on any atom is -0.506 e. The van der Waals surface area contributed by atoms with Crippen LogP contribution in [0.25, 0.3) is 5.76 Å². The number of aliphatic carboxylic acids is 1. The molecule has 5 rings (SSSR count). The van der Waals surface area contributed by atoms with Crippen molar-refractivity contribution in [1.29, 1.82) is 0 Å². The lowest BCUT2D eigenvalue weighted by molar-refractivity contribution is -0.141. The fourth-order valence-electron chi connectivity index (χ4n) is 4.37. The van der Waals surface area contributed by atoms with Gasteiger partial charge in [-0.05, 0) is 12.1 Å². The Bertz CT molecular complexity index is 1210. The molecule has 1 fully saturated rings. The van der Waals surface area contributed by atoms with Crippen molar-refractivity contribution < 1.29 is 29.4 Å². The number of nitrogens with zero attached hydrogens (tertiary/aromatic N) is 2. The Balaban J connectivity index is 1.65. The lowest BCUT2D eigenvalue weighted by Crippen LogP contribution is -2.35. The molecule has 2 heterocycles. The van der Waals surface area contributed by atoms with Gasteiger partial charge in [0.15, 0.2) is 11.8 Å². The number of para-hydroxylation sites is 1. The zero-order valence-electron chi connectivity index (χ0n) is 15.4. The summed E-state index contributed by atoms with van der Waals surface area (Å²) in [6, 6.07) is 13.0. The van der Waals surface area contributed by atoms with E-state index in [2.05, 4.69) is 4.99 Å². The Morgan fingerprint density at radius 1 is 0.900 bits per heavy atom. The van der Waals surface area contributed by atoms with Crippen molar-refractivity contribution in [1.82, 2.24) is 0 Å². The van der Waals surface area contributed by atoms with Crippen molar-refractivity contribution in [3.05, 3.63) is 71.3 Å². The molecule has 2 N–H and O–H groups in total. The number of aliphatic hydroxyl groups is 1. The van der Waals surface area contributed by atoms with E-state index in [4.69, 9.17) is 0 Å². The number of allylic oxidation sites excluding steroid dienone is 1. The summed E-state index contributed by atoms with van der Waals surface area (Å²) >= 11 is 0. The predicted molar refractivity (Wildman–Crippen MR) is 105 cm³/mol. The van der Waals surface area contributed by atoms with Crippen LogP contribution in [0.1, 0.15) is 15.9 Å². The molecular weight excluding hydrogens is 388 g/mol. The topological polar surface area (TPSA) is 124 Å². The molecule has 8 nitrogen and oxygen atoms in total. The molecule has 0 aromatic heterocycles. The van der Waals surface area contributed by atoms with E-state index in [1.807, 2.05) is 0 Å². The van der Waals surface area contributed by atoms with Gasteiger partial charge in [0.2, 0.25) is 11.8 Å². The Labute approximate surface area is 169 Å². The first-order chi connectivity index (χ1) is 14.4. The molecule has 1 saturated heterocycles. The third-order valence-corrected chi connectivity index (χ3v) is 5.68. The first-order valence-corrected chi connectivity index (χ1v) is 9.23. The van der Waals surface area contributed by atoms with E-state index in [-0.39, 0.29) is 28.2 Å². The lowest BCUT2D eigenvalue weighted by atomic mass is 9.85. The van der Waals surface area contributed by atoms with Crippen LogP contribution >= 0.6 is 0 Å². The molecular formula is C22H14N2O6. The van der Waals surface area contributed by atoms with Crippen LogP contribution in [0.5, 0.6) is 0 Å². The van der Waals surface area contributed by atoms with Gasteiger partial charge in [-0.3, -0.25) is 19.4 Å². The Morgan fingerprint density at radius 3 is 2.17 bits per heavy atom. The molecule has 3 aliphatic rings. The molecule has 0 unspecified atom stereocenters. The van der Waals surface area contributed by atoms with Crippen molar-refractivity contribution in [2.75, 3.05) is 4.90 Å². The van der Waals surface area contributed by atoms with Gasteiger partial charge < -0.3 is 10.2 Å². The Hall–Kier alpha value is -4.07. The SMILES string of the molecule is O=C1C(C2=N[C@H](C(=O)O)[C@@H]3C(=O)N(c4ccccc4)C(=O)[C@@H]23)=C(O)c2ccccc21. The number of fused-ring (bicyclic) bond motifs is 2. The molecule has 3 atom stereocenters. The highest BCUT2D eigenvalue weighted by molar-refractivity contribution is 6.42. The van der Waals surface area contributed by atoms with E-state index >= 15 is 0 Å². The van der Waals surface area contributed by atoms with Crippen molar-refractivity contribution in [2.24, 2.45) is 16.8 Å².